The van der Waals surface area contributed by atoms with Crippen molar-refractivity contribution >= 4 is 5.91 Å². The van der Waals surface area contributed by atoms with Crippen molar-refractivity contribution in [3.8, 4) is 0 Å². The first-order chi connectivity index (χ1) is 49.8. The van der Waals surface area contributed by atoms with Crippen LogP contribution in [0.3, 0.4) is 0 Å². The normalized spacial score (nSPS) is 49.5. The second-order valence-electron chi connectivity index (χ2n) is 26.7. The van der Waals surface area contributed by atoms with E-state index in [1.807, 2.05) is 0 Å². The summed E-state index contributed by atoms with van der Waals surface area (Å²) in [5, 5.41) is 283. The molecule has 42 atom stereocenters. The third kappa shape index (κ3) is 18.4. The van der Waals surface area contributed by atoms with Crippen molar-refractivity contribution in [1.82, 2.24) is 19.9 Å². The fourth-order valence-corrected chi connectivity index (χ4v) is 13.2. The van der Waals surface area contributed by atoms with Gasteiger partial charge in [0.15, 0.2) is 56.5 Å². The maximum Gasteiger partial charge on any atom is 0.221 e. The molecule has 0 spiro atoms. The van der Waals surface area contributed by atoms with Crippen molar-refractivity contribution in [2.24, 2.45) is 0 Å². The lowest BCUT2D eigenvalue weighted by molar-refractivity contribution is -0.396. The molecule has 0 radical (unpaired) electrons. The van der Waals surface area contributed by atoms with Crippen LogP contribution in [0.25, 0.3) is 0 Å². The van der Waals surface area contributed by atoms with Gasteiger partial charge < -0.3 is 213 Å². The molecule has 0 aromatic carbocycles. The third-order valence-electron chi connectivity index (χ3n) is 19.5. The largest absolute Gasteiger partial charge is 0.394 e. The van der Waals surface area contributed by atoms with Crippen LogP contribution in [-0.2, 0) is 98.4 Å². The summed E-state index contributed by atoms with van der Waals surface area (Å²) in [5.74, 6) is -0.720. The van der Waals surface area contributed by atoms with Crippen molar-refractivity contribution in [3.63, 3.8) is 0 Å². The maximum atomic E-state index is 13.1. The predicted octanol–water partition coefficient (Wildman–Crippen LogP) is -18.0. The molecule has 25 N–H and O–H groups in total. The molecule has 1 amide bonds. The molecule has 606 valence electrons. The van der Waals surface area contributed by atoms with E-state index in [0.717, 1.165) is 11.8 Å². The van der Waals surface area contributed by atoms with Gasteiger partial charge in [0.1, 0.15) is 207 Å². The number of hydrogen-bond acceptors (Lipinski definition) is 45. The van der Waals surface area contributed by atoms with Crippen molar-refractivity contribution < 1.29 is 213 Å². The minimum absolute atomic E-state index is 0.212. The molecule has 10 rings (SSSR count). The number of aliphatic hydroxyl groups excluding tert-OH is 25. The molecule has 16 unspecified atom stereocenters. The van der Waals surface area contributed by atoms with Crippen molar-refractivity contribution in [2.75, 3.05) is 59.5 Å². The molecule has 0 aliphatic carbocycles. The Morgan fingerprint density at radius 2 is 0.724 bits per heavy atom. The van der Waals surface area contributed by atoms with Crippen LogP contribution in [-0.4, -0.2) is 471 Å². The summed E-state index contributed by atoms with van der Waals surface area (Å²) < 4.78 is 100. The van der Waals surface area contributed by atoms with Crippen LogP contribution in [0.1, 0.15) is 19.5 Å². The average Bonchev–Trinajstić information content (AvgIpc) is 1.10. The van der Waals surface area contributed by atoms with Crippen LogP contribution < -0.4 is 0 Å². The number of carbonyl (C=O) groups is 1. The number of carbonyl (C=O) groups excluding carboxylic acids is 1. The molecular formula is C58H96N4O43. The Labute approximate surface area is 593 Å². The Hall–Kier alpha value is -3.07. The quantitative estimate of drug-likeness (QED) is 0.0409. The number of amides is 1. The fraction of sp³-hybridized carbons (Fsp3) is 0.948. The van der Waals surface area contributed by atoms with E-state index < -0.39 is 323 Å². The number of aryl methyl sites for hydroxylation is 1. The lowest BCUT2D eigenvalue weighted by atomic mass is 9.95. The first kappa shape index (κ1) is 84.4. The molecular weight excluding hydrogens is 1440 g/mol. The van der Waals surface area contributed by atoms with E-state index in [1.54, 1.807) is 6.92 Å². The van der Waals surface area contributed by atoms with Crippen LogP contribution in [0.5, 0.6) is 0 Å². The van der Waals surface area contributed by atoms with E-state index in [0.29, 0.717) is 6.54 Å². The highest BCUT2D eigenvalue weighted by molar-refractivity contribution is 5.73. The smallest absolute Gasteiger partial charge is 0.221 e. The fourth-order valence-electron chi connectivity index (χ4n) is 13.2. The summed E-state index contributed by atoms with van der Waals surface area (Å²) >= 11 is 0. The summed E-state index contributed by atoms with van der Waals surface area (Å²) in [6.45, 7) is -5.08. The zero-order valence-electron chi connectivity index (χ0n) is 55.9. The lowest BCUT2D eigenvalue weighted by Crippen LogP contribution is -2.68. The molecule has 9 aliphatic heterocycles. The van der Waals surface area contributed by atoms with Crippen molar-refractivity contribution in [1.29, 1.82) is 0 Å². The summed E-state index contributed by atoms with van der Waals surface area (Å²) in [6.07, 6.45) is -83.6. The highest BCUT2D eigenvalue weighted by atomic mass is 16.8. The number of ether oxygens (including phenoxy) is 17. The average molecular weight is 1540 g/mol. The van der Waals surface area contributed by atoms with Crippen LogP contribution in [0, 0.1) is 0 Å². The van der Waals surface area contributed by atoms with Gasteiger partial charge in [-0.05, 0) is 6.92 Å². The molecule has 47 heteroatoms. The molecule has 1 aromatic heterocycles. The highest BCUT2D eigenvalue weighted by Gasteiger charge is 2.59. The van der Waals surface area contributed by atoms with Crippen LogP contribution in [0.15, 0.2) is 6.20 Å². The van der Waals surface area contributed by atoms with Gasteiger partial charge in [-0.1, -0.05) is 5.21 Å². The first-order valence-electron chi connectivity index (χ1n) is 33.7. The van der Waals surface area contributed by atoms with Crippen LogP contribution >= 0.6 is 0 Å². The van der Waals surface area contributed by atoms with E-state index in [9.17, 15) is 132 Å². The number of hydrogen-bond donors (Lipinski definition) is 25. The van der Waals surface area contributed by atoms with Gasteiger partial charge in [0, 0.05) is 13.5 Å². The molecule has 10 heterocycles. The van der Waals surface area contributed by atoms with Crippen molar-refractivity contribution in [3.05, 3.63) is 11.9 Å². The van der Waals surface area contributed by atoms with Gasteiger partial charge in [-0.25, -0.2) is 0 Å². The molecule has 9 aliphatic rings. The second-order valence-corrected chi connectivity index (χ2v) is 26.7. The van der Waals surface area contributed by atoms with Crippen LogP contribution in [0.4, 0.5) is 0 Å². The van der Waals surface area contributed by atoms with Crippen LogP contribution in [0.2, 0.25) is 0 Å². The molecule has 0 bridgehead atoms. The third-order valence-corrected chi connectivity index (χ3v) is 19.5. The summed E-state index contributed by atoms with van der Waals surface area (Å²) in [4.78, 5) is 14.1. The molecule has 9 fully saturated rings. The standard InChI is InChI=1S/C58H96N4O43/c1-3-61-4-16(59-60-61)5-62(15(2)66)50-38(82)35(79)45(22(8-65)95-50)101-55-43(87)36(80)47(25(99-55)14-94-58-49(28(72)19(69)11-91-58)105-53-41(85)33(77)30(74)21(7-64)97-53)103-56-44(88)37(81)46(102-54-42(86)34(78)31(75)23(98-54)12-92-51-39(83)26(70)17(67)9-89-51)24(100-56)13-93-57-48(27(71)18(68)10-90-57)104-52-40(84)32(76)29(73)20(6-63)96-52/h4,17-58,63-65,67-88H,3,5-14H2,1-2H3/t17-,18+,19-,20?,21?,22+,23?,24+,25?,26+,27?,28+,29+,30+,31-,32+,33+,34+,35?,36-,37?,38?,39?,40?,41+,42?,43?,44?,45-,46-,47-,48?,49?,50-,51-,52+,53?,54+,55+,56+,57+,58-/m1/s1. The second kappa shape index (κ2) is 36.6. The SMILES string of the molecule is CCn1cc(CN(C(C)=O)[C@@H]2O[C@@H](CO)[C@@H](O[C@@H]3OC(CO[C@H]4OC[C@@H](O)[C@H](O)C4OC4OC(CO)[C@H](O)[C@H](O)[C@@H]4O)[C@@H](O[C@@H]4O[C@@H](CO[C@@H]5OC[C@H](O)C(O)C5O[C@@H]5OC(CO)[C@H](O)[C@H](O)C5O)[C@@H](O[C@@H]5OC(CO[C@H]6OC[C@@H](O)[C@H](O)C6O)[C@@H](O)[C@H](O)C5O)C(O)C4O)[C@H](O)C3O)C(O)C2O)nn1. The predicted molar refractivity (Wildman–Crippen MR) is 319 cm³/mol. The minimum Gasteiger partial charge on any atom is -0.394 e. The zero-order chi connectivity index (χ0) is 76.5. The highest BCUT2D eigenvalue weighted by Crippen LogP contribution is 2.38. The first-order valence-corrected chi connectivity index (χ1v) is 33.7. The number of nitrogens with zero attached hydrogens (tertiary/aromatic N) is 4. The Morgan fingerprint density at radius 1 is 0.390 bits per heavy atom. The number of aromatic nitrogens is 3. The Balaban J connectivity index is 0.945. The molecule has 1 aromatic rings. The van der Waals surface area contributed by atoms with E-state index >= 15 is 0 Å². The monoisotopic (exact) mass is 1540 g/mol. The molecule has 9 saturated heterocycles. The molecule has 0 saturated carbocycles. The van der Waals surface area contributed by atoms with Gasteiger partial charge in [0.25, 0.3) is 0 Å². The summed E-state index contributed by atoms with van der Waals surface area (Å²) in [6, 6.07) is 0. The topological polar surface area (TPSA) is 714 Å². The molecule has 47 nitrogen and oxygen atoms in total. The van der Waals surface area contributed by atoms with Gasteiger partial charge in [-0.15, -0.1) is 5.10 Å². The Bertz CT molecular complexity index is 2830. The Kier molecular flexibility index (Phi) is 29.4. The number of aliphatic hydroxyl groups is 25. The van der Waals surface area contributed by atoms with Gasteiger partial charge in [-0.2, -0.15) is 0 Å². The van der Waals surface area contributed by atoms with Gasteiger partial charge in [0.2, 0.25) is 5.91 Å². The van der Waals surface area contributed by atoms with E-state index in [-0.39, 0.29) is 12.2 Å². The Morgan fingerprint density at radius 3 is 1.13 bits per heavy atom. The zero-order valence-corrected chi connectivity index (χ0v) is 55.9. The minimum atomic E-state index is -2.50. The number of rotatable bonds is 26. The van der Waals surface area contributed by atoms with E-state index in [2.05, 4.69) is 10.3 Å². The maximum absolute atomic E-state index is 13.1. The van der Waals surface area contributed by atoms with Gasteiger partial charge in [-0.3, -0.25) is 9.48 Å². The summed E-state index contributed by atoms with van der Waals surface area (Å²) in [5.41, 5.74) is 0.212. The van der Waals surface area contributed by atoms with E-state index in [4.69, 9.17) is 80.5 Å². The molecule has 105 heavy (non-hydrogen) atoms. The van der Waals surface area contributed by atoms with E-state index in [1.165, 1.54) is 10.9 Å². The van der Waals surface area contributed by atoms with Crippen molar-refractivity contribution in [2.45, 2.75) is 285 Å². The lowest BCUT2D eigenvalue weighted by Gasteiger charge is -2.50. The summed E-state index contributed by atoms with van der Waals surface area (Å²) in [7, 11) is 0. The van der Waals surface area contributed by atoms with Gasteiger partial charge >= 0.3 is 0 Å². The van der Waals surface area contributed by atoms with Gasteiger partial charge in [0.05, 0.1) is 72.2 Å².